The number of carbonyl (C=O) groups excluding carboxylic acids is 1. The number of rotatable bonds is 7. The quantitative estimate of drug-likeness (QED) is 0.801. The number of likely N-dealkylation sites (N-methyl/N-ethyl adjacent to an activating group) is 1. The van der Waals surface area contributed by atoms with E-state index in [2.05, 4.69) is 5.32 Å². The summed E-state index contributed by atoms with van der Waals surface area (Å²) in [6.45, 7) is 2.65. The lowest BCUT2D eigenvalue weighted by Crippen LogP contribution is -2.45. The van der Waals surface area contributed by atoms with Crippen LogP contribution < -0.4 is 10.2 Å². The van der Waals surface area contributed by atoms with Crippen LogP contribution in [0, 0.1) is 0 Å². The van der Waals surface area contributed by atoms with Gasteiger partial charge in [0.25, 0.3) is 0 Å². The van der Waals surface area contributed by atoms with E-state index < -0.39 is 5.97 Å². The summed E-state index contributed by atoms with van der Waals surface area (Å²) in [7, 11) is 3.88. The van der Waals surface area contributed by atoms with Gasteiger partial charge in [-0.05, 0) is 33.2 Å². The monoisotopic (exact) mass is 293 g/mol. The van der Waals surface area contributed by atoms with E-state index in [0.29, 0.717) is 12.2 Å². The zero-order valence-corrected chi connectivity index (χ0v) is 12.7. The van der Waals surface area contributed by atoms with Crippen LogP contribution in [0.2, 0.25) is 0 Å². The number of aliphatic carboxylic acids is 1. The molecule has 0 aliphatic carbocycles. The van der Waals surface area contributed by atoms with Crippen molar-refractivity contribution < 1.29 is 14.7 Å². The smallest absolute Gasteiger partial charge is 0.321 e. The van der Waals surface area contributed by atoms with Gasteiger partial charge in [-0.1, -0.05) is 18.2 Å². The molecule has 0 fully saturated rings. The van der Waals surface area contributed by atoms with Crippen molar-refractivity contribution in [2.45, 2.75) is 19.4 Å². The van der Waals surface area contributed by atoms with Crippen molar-refractivity contribution in [3.63, 3.8) is 0 Å². The summed E-state index contributed by atoms with van der Waals surface area (Å²) in [6, 6.07) is 8.98. The van der Waals surface area contributed by atoms with E-state index in [4.69, 9.17) is 5.11 Å². The van der Waals surface area contributed by atoms with Crippen molar-refractivity contribution in [2.75, 3.05) is 32.1 Å². The van der Waals surface area contributed by atoms with Crippen LogP contribution >= 0.6 is 0 Å². The molecule has 1 aromatic carbocycles. The molecule has 2 N–H and O–H groups in total. The molecule has 0 saturated carbocycles. The summed E-state index contributed by atoms with van der Waals surface area (Å²) < 4.78 is 0. The minimum atomic E-state index is -0.926. The Morgan fingerprint density at radius 3 is 2.38 bits per heavy atom. The highest BCUT2D eigenvalue weighted by Crippen LogP contribution is 2.13. The average Bonchev–Trinajstić information content (AvgIpc) is 2.45. The van der Waals surface area contributed by atoms with E-state index in [1.165, 1.54) is 4.90 Å². The highest BCUT2D eigenvalue weighted by atomic mass is 16.4. The van der Waals surface area contributed by atoms with E-state index in [1.807, 2.05) is 44.1 Å². The van der Waals surface area contributed by atoms with Gasteiger partial charge in [-0.15, -0.1) is 0 Å². The Bertz CT molecular complexity index is 462. The third kappa shape index (κ3) is 5.83. The fourth-order valence-corrected chi connectivity index (χ4v) is 1.68. The molecule has 1 aromatic rings. The highest BCUT2D eigenvalue weighted by molar-refractivity contribution is 5.92. The molecule has 2 amide bonds. The maximum absolute atomic E-state index is 12.3. The number of amides is 2. The Labute approximate surface area is 125 Å². The number of urea groups is 1. The number of hydrogen-bond donors (Lipinski definition) is 2. The summed E-state index contributed by atoms with van der Waals surface area (Å²) in [5.74, 6) is -0.926. The fourth-order valence-electron chi connectivity index (χ4n) is 1.68. The summed E-state index contributed by atoms with van der Waals surface area (Å²) >= 11 is 0. The summed E-state index contributed by atoms with van der Waals surface area (Å²) in [5, 5.41) is 11.7. The van der Waals surface area contributed by atoms with Gasteiger partial charge in [0.1, 0.15) is 0 Å². The molecule has 6 nitrogen and oxygen atoms in total. The van der Waals surface area contributed by atoms with E-state index in [1.54, 1.807) is 12.1 Å². The van der Waals surface area contributed by atoms with E-state index in [9.17, 15) is 9.59 Å². The summed E-state index contributed by atoms with van der Waals surface area (Å²) in [4.78, 5) is 26.5. The molecule has 1 atom stereocenters. The number of para-hydroxylation sites is 1. The lowest BCUT2D eigenvalue weighted by molar-refractivity contribution is -0.136. The first-order chi connectivity index (χ1) is 9.91. The number of carbonyl (C=O) groups is 2. The third-order valence-corrected chi connectivity index (χ3v) is 3.29. The Balaban J connectivity index is 2.71. The van der Waals surface area contributed by atoms with Crippen molar-refractivity contribution in [1.82, 2.24) is 10.2 Å². The number of hydrogen-bond acceptors (Lipinski definition) is 3. The highest BCUT2D eigenvalue weighted by Gasteiger charge is 2.17. The van der Waals surface area contributed by atoms with Crippen molar-refractivity contribution in [3.8, 4) is 0 Å². The van der Waals surface area contributed by atoms with Gasteiger partial charge in [0, 0.05) is 24.8 Å². The van der Waals surface area contributed by atoms with Crippen molar-refractivity contribution in [2.24, 2.45) is 0 Å². The molecule has 0 bridgehead atoms. The third-order valence-electron chi connectivity index (χ3n) is 3.29. The van der Waals surface area contributed by atoms with E-state index in [0.717, 1.165) is 0 Å². The fraction of sp³-hybridized carbons (Fsp3) is 0.467. The van der Waals surface area contributed by atoms with Gasteiger partial charge in [0.2, 0.25) is 0 Å². The van der Waals surface area contributed by atoms with Crippen LogP contribution in [0.15, 0.2) is 30.3 Å². The first kappa shape index (κ1) is 17.0. The van der Waals surface area contributed by atoms with Gasteiger partial charge >= 0.3 is 12.0 Å². The molecule has 0 aliphatic rings. The van der Waals surface area contributed by atoms with Gasteiger partial charge < -0.3 is 15.3 Å². The van der Waals surface area contributed by atoms with Crippen LogP contribution in [0.3, 0.4) is 0 Å². The molecule has 1 rings (SSSR count). The Morgan fingerprint density at radius 2 is 1.86 bits per heavy atom. The minimum Gasteiger partial charge on any atom is -0.481 e. The van der Waals surface area contributed by atoms with Crippen LogP contribution in [0.5, 0.6) is 0 Å². The molecule has 0 radical (unpaired) electrons. The molecule has 21 heavy (non-hydrogen) atoms. The second-order valence-electron chi connectivity index (χ2n) is 5.13. The number of anilines is 1. The second kappa shape index (κ2) is 8.26. The summed E-state index contributed by atoms with van der Waals surface area (Å²) in [5.41, 5.74) is 0.689. The van der Waals surface area contributed by atoms with E-state index >= 15 is 0 Å². The normalized spacial score (nSPS) is 12.0. The topological polar surface area (TPSA) is 72.9 Å². The Kier molecular flexibility index (Phi) is 6.68. The zero-order valence-electron chi connectivity index (χ0n) is 12.7. The lowest BCUT2D eigenvalue weighted by Gasteiger charge is -2.25. The van der Waals surface area contributed by atoms with Gasteiger partial charge in [-0.25, -0.2) is 4.79 Å². The number of nitrogens with zero attached hydrogens (tertiary/aromatic N) is 2. The number of carboxylic acids is 1. The first-order valence-corrected chi connectivity index (χ1v) is 6.90. The Morgan fingerprint density at radius 1 is 1.24 bits per heavy atom. The molecule has 1 unspecified atom stereocenters. The molecule has 0 aromatic heterocycles. The number of benzene rings is 1. The van der Waals surface area contributed by atoms with Gasteiger partial charge in [0.15, 0.2) is 0 Å². The first-order valence-electron chi connectivity index (χ1n) is 6.90. The van der Waals surface area contributed by atoms with Crippen molar-refractivity contribution >= 4 is 17.7 Å². The van der Waals surface area contributed by atoms with Crippen molar-refractivity contribution in [1.29, 1.82) is 0 Å². The predicted octanol–water partition coefficient (Wildman–Crippen LogP) is 1.63. The Hall–Kier alpha value is -2.08. The van der Waals surface area contributed by atoms with Crippen LogP contribution in [-0.4, -0.2) is 55.2 Å². The minimum absolute atomic E-state index is 0.0917. The SMILES string of the molecule is CC(CNC(=O)N(CCC(=O)O)c1ccccc1)N(C)C. The molecular formula is C15H23N3O3. The standard InChI is InChI=1S/C15H23N3O3/c1-12(17(2)3)11-16-15(21)18(10-9-14(19)20)13-7-5-4-6-8-13/h4-8,12H,9-11H2,1-3H3,(H,16,21)(H,19,20). The zero-order chi connectivity index (χ0) is 15.8. The molecular weight excluding hydrogens is 270 g/mol. The average molecular weight is 293 g/mol. The molecule has 0 spiro atoms. The maximum atomic E-state index is 12.3. The van der Waals surface area contributed by atoms with Crippen LogP contribution in [0.1, 0.15) is 13.3 Å². The van der Waals surface area contributed by atoms with Crippen LogP contribution in [-0.2, 0) is 4.79 Å². The molecule has 0 aliphatic heterocycles. The second-order valence-corrected chi connectivity index (χ2v) is 5.13. The number of carboxylic acid groups (broad SMARTS) is 1. The molecule has 0 saturated heterocycles. The summed E-state index contributed by atoms with van der Waals surface area (Å²) in [6.07, 6.45) is -0.0917. The molecule has 116 valence electrons. The van der Waals surface area contributed by atoms with Crippen LogP contribution in [0.25, 0.3) is 0 Å². The van der Waals surface area contributed by atoms with Crippen LogP contribution in [0.4, 0.5) is 10.5 Å². The lowest BCUT2D eigenvalue weighted by atomic mass is 10.2. The molecule has 6 heteroatoms. The largest absolute Gasteiger partial charge is 0.481 e. The van der Waals surface area contributed by atoms with Gasteiger partial charge in [0.05, 0.1) is 6.42 Å². The van der Waals surface area contributed by atoms with Crippen molar-refractivity contribution in [3.05, 3.63) is 30.3 Å². The molecule has 0 heterocycles. The predicted molar refractivity (Wildman–Crippen MR) is 82.6 cm³/mol. The van der Waals surface area contributed by atoms with Gasteiger partial charge in [-0.2, -0.15) is 0 Å². The van der Waals surface area contributed by atoms with E-state index in [-0.39, 0.29) is 25.0 Å². The van der Waals surface area contributed by atoms with Gasteiger partial charge in [-0.3, -0.25) is 9.69 Å². The maximum Gasteiger partial charge on any atom is 0.321 e. The number of nitrogens with one attached hydrogen (secondary N) is 1.